The summed E-state index contributed by atoms with van der Waals surface area (Å²) in [5, 5.41) is 15.4. The summed E-state index contributed by atoms with van der Waals surface area (Å²) in [6.07, 6.45) is 3.76. The fourth-order valence-electron chi connectivity index (χ4n) is 3.12. The third kappa shape index (κ3) is 5.79. The maximum absolute atomic E-state index is 14.0. The van der Waals surface area contributed by atoms with E-state index in [1.807, 2.05) is 30.5 Å². The lowest BCUT2D eigenvalue weighted by Gasteiger charge is -2.33. The Bertz CT molecular complexity index is 828. The normalized spacial score (nSPS) is 14.8. The highest BCUT2D eigenvalue weighted by Crippen LogP contribution is 2.17. The van der Waals surface area contributed by atoms with E-state index in [0.29, 0.717) is 29.7 Å². The third-order valence-corrected chi connectivity index (χ3v) is 4.66. The quantitative estimate of drug-likeness (QED) is 0.389. The van der Waals surface area contributed by atoms with Crippen molar-refractivity contribution >= 4 is 35.8 Å². The van der Waals surface area contributed by atoms with Gasteiger partial charge in [-0.25, -0.2) is 9.37 Å². The number of nitrogens with one attached hydrogen (secondary N) is 2. The Hall–Kier alpha value is -2.41. The minimum Gasteiger partial charge on any atom is -0.356 e. The van der Waals surface area contributed by atoms with E-state index in [9.17, 15) is 4.39 Å². The van der Waals surface area contributed by atoms with Crippen LogP contribution in [0.4, 0.5) is 10.2 Å². The first-order valence-corrected chi connectivity index (χ1v) is 9.01. The van der Waals surface area contributed by atoms with E-state index in [1.165, 1.54) is 6.07 Å². The Morgan fingerprint density at radius 3 is 2.71 bits per heavy atom. The van der Waals surface area contributed by atoms with E-state index in [4.69, 9.17) is 5.26 Å². The Morgan fingerprint density at radius 2 is 2.11 bits per heavy atom. The minimum absolute atomic E-state index is 0. The summed E-state index contributed by atoms with van der Waals surface area (Å²) in [6, 6.07) is 12.7. The van der Waals surface area contributed by atoms with Crippen LogP contribution >= 0.6 is 24.0 Å². The molecule has 1 aliphatic heterocycles. The molecule has 0 aliphatic carbocycles. The van der Waals surface area contributed by atoms with Crippen molar-refractivity contribution in [1.29, 1.82) is 5.26 Å². The molecule has 2 N–H and O–H groups in total. The molecule has 1 fully saturated rings. The molecule has 8 heteroatoms. The zero-order valence-electron chi connectivity index (χ0n) is 15.7. The third-order valence-electron chi connectivity index (χ3n) is 4.66. The summed E-state index contributed by atoms with van der Waals surface area (Å²) < 4.78 is 14.0. The van der Waals surface area contributed by atoms with Crippen LogP contribution in [0.25, 0.3) is 0 Å². The zero-order chi connectivity index (χ0) is 19.1. The summed E-state index contributed by atoms with van der Waals surface area (Å²) >= 11 is 0. The van der Waals surface area contributed by atoms with Crippen LogP contribution in [-0.2, 0) is 6.54 Å². The van der Waals surface area contributed by atoms with Crippen LogP contribution in [0.15, 0.2) is 47.6 Å². The number of aromatic nitrogens is 1. The van der Waals surface area contributed by atoms with Gasteiger partial charge < -0.3 is 15.5 Å². The van der Waals surface area contributed by atoms with Gasteiger partial charge >= 0.3 is 0 Å². The molecule has 1 saturated heterocycles. The van der Waals surface area contributed by atoms with Gasteiger partial charge in [-0.15, -0.1) is 24.0 Å². The van der Waals surface area contributed by atoms with Crippen LogP contribution in [0.2, 0.25) is 0 Å². The highest BCUT2D eigenvalue weighted by Gasteiger charge is 2.20. The average Bonchev–Trinajstić information content (AvgIpc) is 2.73. The van der Waals surface area contributed by atoms with Gasteiger partial charge in [-0.2, -0.15) is 5.26 Å². The summed E-state index contributed by atoms with van der Waals surface area (Å²) in [4.78, 5) is 10.9. The number of aliphatic imine (C=N–C) groups is 1. The van der Waals surface area contributed by atoms with Crippen LogP contribution in [0.5, 0.6) is 0 Å². The Labute approximate surface area is 181 Å². The van der Waals surface area contributed by atoms with Gasteiger partial charge in [-0.05, 0) is 37.1 Å². The number of nitriles is 1. The maximum Gasteiger partial charge on any atom is 0.191 e. The predicted molar refractivity (Wildman–Crippen MR) is 119 cm³/mol. The van der Waals surface area contributed by atoms with E-state index < -0.39 is 0 Å². The Morgan fingerprint density at radius 1 is 1.32 bits per heavy atom. The van der Waals surface area contributed by atoms with E-state index in [1.54, 1.807) is 19.2 Å². The first-order chi connectivity index (χ1) is 13.2. The molecule has 0 atom stereocenters. The lowest BCUT2D eigenvalue weighted by molar-refractivity contribution is 0.459. The molecular weight excluding hydrogens is 470 g/mol. The van der Waals surface area contributed by atoms with E-state index in [0.717, 1.165) is 31.7 Å². The summed E-state index contributed by atoms with van der Waals surface area (Å²) in [6.45, 7) is 2.16. The molecule has 0 amide bonds. The molecule has 1 aromatic heterocycles. The zero-order valence-corrected chi connectivity index (χ0v) is 18.1. The van der Waals surface area contributed by atoms with Gasteiger partial charge in [0.15, 0.2) is 5.96 Å². The summed E-state index contributed by atoms with van der Waals surface area (Å²) in [5.41, 5.74) is 0.820. The van der Waals surface area contributed by atoms with E-state index in [-0.39, 0.29) is 29.8 Å². The number of guanidine groups is 1. The Balaban J connectivity index is 0.00000280. The van der Waals surface area contributed by atoms with Gasteiger partial charge in [0, 0.05) is 44.5 Å². The molecule has 0 saturated carbocycles. The second-order valence-electron chi connectivity index (χ2n) is 6.44. The number of nitrogens with zero attached hydrogens (tertiary/aromatic N) is 4. The van der Waals surface area contributed by atoms with Crippen molar-refractivity contribution in [2.45, 2.75) is 25.4 Å². The molecule has 0 bridgehead atoms. The number of halogens is 2. The van der Waals surface area contributed by atoms with Crippen molar-refractivity contribution in [2.24, 2.45) is 4.99 Å². The number of pyridine rings is 1. The first kappa shape index (κ1) is 21.9. The minimum atomic E-state index is -0.388. The largest absolute Gasteiger partial charge is 0.356 e. The molecule has 3 rings (SSSR count). The number of piperidine rings is 1. The van der Waals surface area contributed by atoms with Crippen molar-refractivity contribution in [3.63, 3.8) is 0 Å². The van der Waals surface area contributed by atoms with Crippen LogP contribution in [-0.4, -0.2) is 37.1 Å². The second kappa shape index (κ2) is 10.8. The van der Waals surface area contributed by atoms with Gasteiger partial charge in [0.2, 0.25) is 0 Å². The smallest absolute Gasteiger partial charge is 0.191 e. The molecular formula is C20H24FIN6. The molecule has 0 unspecified atom stereocenters. The number of hydrogen-bond acceptors (Lipinski definition) is 4. The van der Waals surface area contributed by atoms with E-state index in [2.05, 4.69) is 25.5 Å². The van der Waals surface area contributed by atoms with Crippen LogP contribution in [0, 0.1) is 17.1 Å². The number of benzene rings is 1. The second-order valence-corrected chi connectivity index (χ2v) is 6.44. The van der Waals surface area contributed by atoms with Gasteiger partial charge in [0.05, 0.1) is 11.6 Å². The first-order valence-electron chi connectivity index (χ1n) is 9.01. The van der Waals surface area contributed by atoms with E-state index >= 15 is 0 Å². The van der Waals surface area contributed by atoms with Crippen molar-refractivity contribution in [3.8, 4) is 6.07 Å². The standard InChI is InChI=1S/C20H23FN6.HI/c1-23-20(25-14-16-6-5-15(13-22)12-18(16)21)26-17-7-10-27(11-8-17)19-4-2-3-9-24-19;/h2-6,9,12,17H,7-8,10-11,14H2,1H3,(H2,23,25,26);1H. The van der Waals surface area contributed by atoms with Gasteiger partial charge in [-0.1, -0.05) is 12.1 Å². The highest BCUT2D eigenvalue weighted by atomic mass is 127. The average molecular weight is 494 g/mol. The van der Waals surface area contributed by atoms with Crippen molar-refractivity contribution in [2.75, 3.05) is 25.0 Å². The maximum atomic E-state index is 14.0. The fraction of sp³-hybridized carbons (Fsp3) is 0.350. The SMILES string of the molecule is CN=C(NCc1ccc(C#N)cc1F)NC1CCN(c2ccccn2)CC1.I. The Kier molecular flexibility index (Phi) is 8.44. The highest BCUT2D eigenvalue weighted by molar-refractivity contribution is 14.0. The molecule has 0 spiro atoms. The molecule has 1 aliphatic rings. The lowest BCUT2D eigenvalue weighted by Crippen LogP contribution is -2.48. The fourth-order valence-corrected chi connectivity index (χ4v) is 3.12. The summed E-state index contributed by atoms with van der Waals surface area (Å²) in [7, 11) is 1.70. The lowest BCUT2D eigenvalue weighted by atomic mass is 10.1. The number of hydrogen-bond donors (Lipinski definition) is 2. The number of anilines is 1. The summed E-state index contributed by atoms with van der Waals surface area (Å²) in [5.74, 6) is 1.27. The molecule has 1 aromatic carbocycles. The van der Waals surface area contributed by atoms with Crippen LogP contribution < -0.4 is 15.5 Å². The van der Waals surface area contributed by atoms with Crippen LogP contribution in [0.1, 0.15) is 24.0 Å². The van der Waals surface area contributed by atoms with Crippen molar-refractivity contribution < 1.29 is 4.39 Å². The molecule has 0 radical (unpaired) electrons. The molecule has 6 nitrogen and oxygen atoms in total. The number of rotatable bonds is 4. The van der Waals surface area contributed by atoms with Gasteiger partial charge in [0.25, 0.3) is 0 Å². The monoisotopic (exact) mass is 494 g/mol. The van der Waals surface area contributed by atoms with Crippen LogP contribution in [0.3, 0.4) is 0 Å². The molecule has 148 valence electrons. The molecule has 2 aromatic rings. The van der Waals surface area contributed by atoms with Crippen molar-refractivity contribution in [1.82, 2.24) is 15.6 Å². The van der Waals surface area contributed by atoms with Gasteiger partial charge in [-0.3, -0.25) is 4.99 Å². The van der Waals surface area contributed by atoms with Crippen molar-refractivity contribution in [3.05, 3.63) is 59.5 Å². The topological polar surface area (TPSA) is 76.3 Å². The molecule has 28 heavy (non-hydrogen) atoms. The molecule has 2 heterocycles. The van der Waals surface area contributed by atoms with Gasteiger partial charge in [0.1, 0.15) is 11.6 Å². The predicted octanol–water partition coefficient (Wildman–Crippen LogP) is 3.04.